The number of nitrogens with zero attached hydrogens (tertiary/aromatic N) is 2. The van der Waals surface area contributed by atoms with Gasteiger partial charge in [-0.05, 0) is 61.4 Å². The van der Waals surface area contributed by atoms with E-state index in [9.17, 15) is 33.2 Å². The highest BCUT2D eigenvalue weighted by Crippen LogP contribution is 2.43. The summed E-state index contributed by atoms with van der Waals surface area (Å²) in [7, 11) is 1.33. The molecule has 0 spiro atoms. The number of carbonyl (C=O) groups is 4. The van der Waals surface area contributed by atoms with Crippen LogP contribution in [-0.2, 0) is 31.1 Å². The molecule has 1 aliphatic carbocycles. The van der Waals surface area contributed by atoms with Crippen molar-refractivity contribution in [2.75, 3.05) is 32.2 Å². The fraction of sp³-hybridized carbons (Fsp3) is 0.432. The zero-order valence-corrected chi connectivity index (χ0v) is 30.6. The molecule has 0 unspecified atom stereocenters. The first kappa shape index (κ1) is 39.7. The second-order valence-corrected chi connectivity index (χ2v) is 13.8. The minimum absolute atomic E-state index is 0.00487. The van der Waals surface area contributed by atoms with E-state index in [2.05, 4.69) is 5.32 Å². The fourth-order valence-electron chi connectivity index (χ4n) is 6.17. The van der Waals surface area contributed by atoms with E-state index in [0.29, 0.717) is 21.6 Å². The van der Waals surface area contributed by atoms with Gasteiger partial charge in [0.05, 0.1) is 23.4 Å². The molecule has 2 heterocycles. The average Bonchev–Trinajstić information content (AvgIpc) is 3.90. The maximum atomic E-state index is 14.1. The van der Waals surface area contributed by atoms with Gasteiger partial charge in [-0.15, -0.1) is 0 Å². The molecule has 1 fully saturated rings. The number of fused-ring (bicyclic) bond motifs is 1. The molecule has 5 rings (SSSR count). The Morgan fingerprint density at radius 1 is 1.06 bits per heavy atom. The standard InChI is InChI=1S/C37H39Cl2F2N3O9/c1-3-4-5-6-14-37(16-25-26(38)17-43(49)18-27(25)39,23-12-13-29(52-36(40)41)30(15-23)51-20-22-10-11-22)53-32(46)19-44-34(47)24-8-7-9-28(33(24)35(44)48)42-31(45)21-50-2/h7-9,12-13,15,17-18,22,36H,3-6,10-11,14,16,19-21H2,1-2H3,(H,42,45)/t37-/m0/s1. The molecule has 1 aromatic heterocycles. The number of anilines is 1. The molecule has 2 aliphatic rings. The molecule has 3 amide bonds. The molecule has 0 bridgehead atoms. The van der Waals surface area contributed by atoms with Crippen LogP contribution in [0.4, 0.5) is 14.5 Å². The number of ether oxygens (including phenoxy) is 4. The van der Waals surface area contributed by atoms with Gasteiger partial charge in [0.15, 0.2) is 23.9 Å². The van der Waals surface area contributed by atoms with E-state index in [0.717, 1.165) is 44.5 Å². The lowest BCUT2D eigenvalue weighted by molar-refractivity contribution is -0.605. The van der Waals surface area contributed by atoms with Crippen molar-refractivity contribution in [2.24, 2.45) is 5.92 Å². The summed E-state index contributed by atoms with van der Waals surface area (Å²) < 4.78 is 49.2. The highest BCUT2D eigenvalue weighted by Gasteiger charge is 2.43. The Morgan fingerprint density at radius 3 is 2.45 bits per heavy atom. The van der Waals surface area contributed by atoms with Gasteiger partial charge in [0, 0.05) is 19.1 Å². The van der Waals surface area contributed by atoms with Crippen LogP contribution < -0.4 is 19.5 Å². The summed E-state index contributed by atoms with van der Waals surface area (Å²) in [5, 5.41) is 14.7. The minimum Gasteiger partial charge on any atom is -0.619 e. The van der Waals surface area contributed by atoms with Gasteiger partial charge in [-0.1, -0.05) is 61.5 Å². The summed E-state index contributed by atoms with van der Waals surface area (Å²) in [6, 6.07) is 8.55. The average molecular weight is 779 g/mol. The number of alkyl halides is 2. The van der Waals surface area contributed by atoms with Crippen LogP contribution in [0.1, 0.15) is 83.7 Å². The Labute approximate surface area is 314 Å². The van der Waals surface area contributed by atoms with Crippen molar-refractivity contribution < 1.29 is 51.6 Å². The fourth-order valence-corrected chi connectivity index (χ4v) is 6.75. The first-order valence-corrected chi connectivity index (χ1v) is 17.9. The van der Waals surface area contributed by atoms with Crippen molar-refractivity contribution in [3.05, 3.63) is 86.3 Å². The van der Waals surface area contributed by atoms with Gasteiger partial charge < -0.3 is 29.5 Å². The Balaban J connectivity index is 1.54. The number of carbonyl (C=O) groups excluding carboxylic acids is 4. The number of aromatic nitrogens is 1. The molecule has 0 radical (unpaired) electrons. The minimum atomic E-state index is -3.14. The van der Waals surface area contributed by atoms with Gasteiger partial charge in [0.1, 0.15) is 28.8 Å². The number of pyridine rings is 1. The van der Waals surface area contributed by atoms with Crippen LogP contribution in [0, 0.1) is 11.1 Å². The third-order valence-electron chi connectivity index (χ3n) is 8.96. The first-order valence-electron chi connectivity index (χ1n) is 17.1. The Hall–Kier alpha value is -4.53. The number of imide groups is 1. The number of rotatable bonds is 19. The molecule has 0 saturated heterocycles. The third kappa shape index (κ3) is 9.72. The lowest BCUT2D eigenvalue weighted by Crippen LogP contribution is -2.41. The number of unbranched alkanes of at least 4 members (excludes halogenated alkanes) is 3. The van der Waals surface area contributed by atoms with Crippen LogP contribution in [0.3, 0.4) is 0 Å². The van der Waals surface area contributed by atoms with Gasteiger partial charge in [-0.25, -0.2) is 0 Å². The molecular formula is C37H39Cl2F2N3O9. The van der Waals surface area contributed by atoms with Crippen molar-refractivity contribution in [1.29, 1.82) is 0 Å². The van der Waals surface area contributed by atoms with Gasteiger partial charge in [0.2, 0.25) is 5.91 Å². The topological polar surface area (TPSA) is 147 Å². The quantitative estimate of drug-likeness (QED) is 0.0454. The van der Waals surface area contributed by atoms with Crippen LogP contribution >= 0.6 is 23.2 Å². The summed E-state index contributed by atoms with van der Waals surface area (Å²) in [4.78, 5) is 54.2. The molecule has 2 aromatic carbocycles. The van der Waals surface area contributed by atoms with E-state index < -0.39 is 42.4 Å². The molecule has 1 saturated carbocycles. The Bertz CT molecular complexity index is 1840. The molecule has 16 heteroatoms. The predicted molar refractivity (Wildman–Crippen MR) is 189 cm³/mol. The smallest absolute Gasteiger partial charge is 0.387 e. The summed E-state index contributed by atoms with van der Waals surface area (Å²) in [6.45, 7) is -1.98. The second-order valence-electron chi connectivity index (χ2n) is 12.9. The van der Waals surface area contributed by atoms with E-state index in [1.54, 1.807) is 0 Å². The molecule has 1 N–H and O–H groups in total. The molecule has 12 nitrogen and oxygen atoms in total. The zero-order chi connectivity index (χ0) is 38.3. The third-order valence-corrected chi connectivity index (χ3v) is 9.61. The number of amides is 3. The predicted octanol–water partition coefficient (Wildman–Crippen LogP) is 6.85. The maximum absolute atomic E-state index is 14.1. The van der Waals surface area contributed by atoms with Gasteiger partial charge >= 0.3 is 12.6 Å². The van der Waals surface area contributed by atoms with Crippen LogP contribution in [0.2, 0.25) is 10.0 Å². The molecule has 3 aromatic rings. The Morgan fingerprint density at radius 2 is 1.79 bits per heavy atom. The van der Waals surface area contributed by atoms with Crippen molar-refractivity contribution >= 4 is 52.6 Å². The lowest BCUT2D eigenvalue weighted by atomic mass is 9.82. The van der Waals surface area contributed by atoms with Crippen molar-refractivity contribution in [1.82, 2.24) is 4.90 Å². The number of benzene rings is 2. The summed E-state index contributed by atoms with van der Waals surface area (Å²) in [6.07, 6.45) is 6.98. The van der Waals surface area contributed by atoms with Crippen molar-refractivity contribution in [3.8, 4) is 11.5 Å². The number of nitrogens with one attached hydrogen (secondary N) is 1. The van der Waals surface area contributed by atoms with E-state index in [-0.39, 0.29) is 75.9 Å². The number of halogens is 4. The van der Waals surface area contributed by atoms with Crippen LogP contribution in [0.25, 0.3) is 0 Å². The molecule has 1 aliphatic heterocycles. The van der Waals surface area contributed by atoms with E-state index in [1.807, 2.05) is 6.92 Å². The number of esters is 1. The summed E-state index contributed by atoms with van der Waals surface area (Å²) in [5.41, 5.74) is -1.11. The SMILES string of the molecule is CCCCCC[C@@](Cc1c(Cl)c[n+]([O-])cc1Cl)(OC(=O)CN1C(=O)c2cccc(NC(=O)COC)c2C1=O)c1ccc(OC(F)F)c(OCC2CC2)c1. The largest absolute Gasteiger partial charge is 0.619 e. The van der Waals surface area contributed by atoms with Gasteiger partial charge in [-0.3, -0.25) is 24.1 Å². The normalized spacial score (nSPS) is 15.0. The zero-order valence-electron chi connectivity index (χ0n) is 29.1. The molecule has 284 valence electrons. The monoisotopic (exact) mass is 777 g/mol. The second kappa shape index (κ2) is 17.5. The molecule has 1 atom stereocenters. The highest BCUT2D eigenvalue weighted by atomic mass is 35.5. The first-order chi connectivity index (χ1) is 25.3. The highest BCUT2D eigenvalue weighted by molar-refractivity contribution is 6.35. The molecular weight excluding hydrogens is 739 g/mol. The maximum Gasteiger partial charge on any atom is 0.387 e. The number of hydrogen-bond donors (Lipinski definition) is 1. The van der Waals surface area contributed by atoms with Crippen molar-refractivity contribution in [3.63, 3.8) is 0 Å². The van der Waals surface area contributed by atoms with E-state index >= 15 is 0 Å². The van der Waals surface area contributed by atoms with E-state index in [1.165, 1.54) is 43.5 Å². The summed E-state index contributed by atoms with van der Waals surface area (Å²) >= 11 is 13.1. The molecule has 53 heavy (non-hydrogen) atoms. The number of hydrogen-bond acceptors (Lipinski definition) is 9. The Kier molecular flexibility index (Phi) is 13.1. The van der Waals surface area contributed by atoms with E-state index in [4.69, 9.17) is 42.1 Å². The van der Waals surface area contributed by atoms with Crippen LogP contribution in [-0.4, -0.2) is 62.1 Å². The van der Waals surface area contributed by atoms with Crippen LogP contribution in [0.15, 0.2) is 48.8 Å². The lowest BCUT2D eigenvalue weighted by Gasteiger charge is -2.36. The summed E-state index contributed by atoms with van der Waals surface area (Å²) in [5.74, 6) is -3.13. The van der Waals surface area contributed by atoms with Crippen molar-refractivity contribution in [2.45, 2.75) is 70.5 Å². The number of methoxy groups -OCH3 is 1. The van der Waals surface area contributed by atoms with Crippen LogP contribution in [0.5, 0.6) is 11.5 Å². The van der Waals surface area contributed by atoms with Gasteiger partial charge in [0.25, 0.3) is 11.8 Å². The van der Waals surface area contributed by atoms with Gasteiger partial charge in [-0.2, -0.15) is 13.5 Å².